The van der Waals surface area contributed by atoms with Crippen molar-refractivity contribution in [3.8, 4) is 0 Å². The van der Waals surface area contributed by atoms with Gasteiger partial charge in [0.1, 0.15) is 12.6 Å². The van der Waals surface area contributed by atoms with Gasteiger partial charge >= 0.3 is 0 Å². The van der Waals surface area contributed by atoms with Crippen molar-refractivity contribution >= 4 is 11.8 Å². The molecule has 3 N–H and O–H groups in total. The van der Waals surface area contributed by atoms with Crippen LogP contribution in [0.3, 0.4) is 0 Å². The molecule has 120 valence electrons. The summed E-state index contributed by atoms with van der Waals surface area (Å²) in [6.07, 6.45) is 1.90. The van der Waals surface area contributed by atoms with Crippen LogP contribution in [0.15, 0.2) is 24.3 Å². The van der Waals surface area contributed by atoms with Crippen LogP contribution in [0.4, 0.5) is 0 Å². The molecule has 0 aliphatic carbocycles. The molecule has 5 nitrogen and oxygen atoms in total. The molecular formula is C17H26N3O2+. The van der Waals surface area contributed by atoms with Gasteiger partial charge in [0.15, 0.2) is 6.54 Å². The van der Waals surface area contributed by atoms with Gasteiger partial charge in [-0.25, -0.2) is 0 Å². The molecule has 22 heavy (non-hydrogen) atoms. The lowest BCUT2D eigenvalue weighted by Crippen LogP contribution is -3.13. The molecule has 0 fully saturated rings. The first-order valence-electron chi connectivity index (χ1n) is 8.07. The minimum absolute atomic E-state index is 0.0615. The zero-order valence-electron chi connectivity index (χ0n) is 13.4. The average molecular weight is 304 g/mol. The van der Waals surface area contributed by atoms with E-state index in [0.717, 1.165) is 25.9 Å². The molecule has 2 rings (SSSR count). The SMILES string of the molecule is CCCNC(=O)[C@H](C)NC(=O)C[NH+]1CCc2ccccc2C1. The van der Waals surface area contributed by atoms with Gasteiger partial charge in [-0.05, 0) is 18.9 Å². The zero-order valence-corrected chi connectivity index (χ0v) is 13.4. The number of fused-ring (bicyclic) bond motifs is 1. The topological polar surface area (TPSA) is 62.6 Å². The third-order valence-corrected chi connectivity index (χ3v) is 4.04. The summed E-state index contributed by atoms with van der Waals surface area (Å²) >= 11 is 0. The maximum atomic E-state index is 12.1. The first-order valence-corrected chi connectivity index (χ1v) is 8.07. The second-order valence-corrected chi connectivity index (χ2v) is 5.95. The molecule has 5 heteroatoms. The molecule has 0 saturated carbocycles. The fourth-order valence-electron chi connectivity index (χ4n) is 2.78. The lowest BCUT2D eigenvalue weighted by Gasteiger charge is -2.25. The molecule has 1 aliphatic rings. The Bertz CT molecular complexity index is 530. The number of amides is 2. The number of hydrogen-bond acceptors (Lipinski definition) is 2. The Morgan fingerprint density at radius 1 is 1.27 bits per heavy atom. The fraction of sp³-hybridized carbons (Fsp3) is 0.529. The summed E-state index contributed by atoms with van der Waals surface area (Å²) in [5.74, 6) is -0.178. The van der Waals surface area contributed by atoms with Crippen LogP contribution in [-0.4, -0.2) is 37.5 Å². The van der Waals surface area contributed by atoms with Crippen LogP contribution >= 0.6 is 0 Å². The Morgan fingerprint density at radius 2 is 2.00 bits per heavy atom. The number of quaternary nitrogens is 1. The molecule has 2 amide bonds. The summed E-state index contributed by atoms with van der Waals surface area (Å²) in [5.41, 5.74) is 2.71. The van der Waals surface area contributed by atoms with Crippen molar-refractivity contribution in [3.05, 3.63) is 35.4 Å². The monoisotopic (exact) mass is 304 g/mol. The minimum Gasteiger partial charge on any atom is -0.354 e. The lowest BCUT2D eigenvalue weighted by atomic mass is 10.00. The van der Waals surface area contributed by atoms with Gasteiger partial charge in [0.05, 0.1) is 6.54 Å². The number of carbonyl (C=O) groups is 2. The third-order valence-electron chi connectivity index (χ3n) is 4.04. The smallest absolute Gasteiger partial charge is 0.275 e. The number of hydrogen-bond donors (Lipinski definition) is 3. The van der Waals surface area contributed by atoms with E-state index >= 15 is 0 Å². The Kier molecular flexibility index (Phi) is 5.95. The van der Waals surface area contributed by atoms with Gasteiger partial charge in [0, 0.05) is 18.5 Å². The average Bonchev–Trinajstić information content (AvgIpc) is 2.52. The summed E-state index contributed by atoms with van der Waals surface area (Å²) in [7, 11) is 0. The number of nitrogens with one attached hydrogen (secondary N) is 3. The molecule has 1 aromatic rings. The summed E-state index contributed by atoms with van der Waals surface area (Å²) in [4.78, 5) is 25.1. The van der Waals surface area contributed by atoms with Gasteiger partial charge in [-0.2, -0.15) is 0 Å². The van der Waals surface area contributed by atoms with E-state index < -0.39 is 6.04 Å². The van der Waals surface area contributed by atoms with Gasteiger partial charge in [-0.1, -0.05) is 31.2 Å². The minimum atomic E-state index is -0.476. The standard InChI is InChI=1S/C17H25N3O2/c1-3-9-18-17(22)13(2)19-16(21)12-20-10-8-14-6-4-5-7-15(14)11-20/h4-7,13H,3,8-12H2,1-2H3,(H,18,22)(H,19,21)/p+1/t13-/m0/s1. The molecule has 0 saturated heterocycles. The van der Waals surface area contributed by atoms with E-state index in [9.17, 15) is 9.59 Å². The van der Waals surface area contributed by atoms with Gasteiger partial charge in [0.2, 0.25) is 5.91 Å². The van der Waals surface area contributed by atoms with Gasteiger partial charge in [-0.15, -0.1) is 0 Å². The summed E-state index contributed by atoms with van der Waals surface area (Å²) < 4.78 is 0. The van der Waals surface area contributed by atoms with E-state index in [-0.39, 0.29) is 11.8 Å². The van der Waals surface area contributed by atoms with Crippen molar-refractivity contribution in [2.24, 2.45) is 0 Å². The third kappa shape index (κ3) is 4.56. The van der Waals surface area contributed by atoms with Crippen LogP contribution in [0.25, 0.3) is 0 Å². The Balaban J connectivity index is 1.79. The van der Waals surface area contributed by atoms with Crippen molar-refractivity contribution in [2.45, 2.75) is 39.3 Å². The quantitative estimate of drug-likeness (QED) is 0.673. The summed E-state index contributed by atoms with van der Waals surface area (Å²) in [6, 6.07) is 7.92. The first-order chi connectivity index (χ1) is 10.6. The number of rotatable bonds is 6. The lowest BCUT2D eigenvalue weighted by molar-refractivity contribution is -0.908. The largest absolute Gasteiger partial charge is 0.354 e. The zero-order chi connectivity index (χ0) is 15.9. The molecule has 2 atom stereocenters. The van der Waals surface area contributed by atoms with Crippen LogP contribution in [0.5, 0.6) is 0 Å². The van der Waals surface area contributed by atoms with Gasteiger partial charge in [-0.3, -0.25) is 9.59 Å². The second kappa shape index (κ2) is 7.94. The molecule has 1 unspecified atom stereocenters. The maximum absolute atomic E-state index is 12.1. The maximum Gasteiger partial charge on any atom is 0.275 e. The predicted molar refractivity (Wildman–Crippen MR) is 85.5 cm³/mol. The van der Waals surface area contributed by atoms with Gasteiger partial charge in [0.25, 0.3) is 5.91 Å². The van der Waals surface area contributed by atoms with Crippen molar-refractivity contribution in [1.82, 2.24) is 10.6 Å². The second-order valence-electron chi connectivity index (χ2n) is 5.95. The molecule has 1 aliphatic heterocycles. The van der Waals surface area contributed by atoms with Crippen LogP contribution in [-0.2, 0) is 22.6 Å². The highest BCUT2D eigenvalue weighted by molar-refractivity contribution is 5.87. The van der Waals surface area contributed by atoms with Crippen molar-refractivity contribution in [2.75, 3.05) is 19.6 Å². The van der Waals surface area contributed by atoms with Crippen LogP contribution < -0.4 is 15.5 Å². The molecular weight excluding hydrogens is 278 g/mol. The Hall–Kier alpha value is -1.88. The first kappa shape index (κ1) is 16.5. The molecule has 1 heterocycles. The van der Waals surface area contributed by atoms with Crippen LogP contribution in [0, 0.1) is 0 Å². The highest BCUT2D eigenvalue weighted by Crippen LogP contribution is 2.10. The van der Waals surface area contributed by atoms with Crippen LogP contribution in [0.1, 0.15) is 31.4 Å². The highest BCUT2D eigenvalue weighted by atomic mass is 16.2. The molecule has 0 aromatic heterocycles. The predicted octanol–water partition coefficient (Wildman–Crippen LogP) is -0.341. The molecule has 0 bridgehead atoms. The highest BCUT2D eigenvalue weighted by Gasteiger charge is 2.23. The van der Waals surface area contributed by atoms with E-state index in [4.69, 9.17) is 0 Å². The molecule has 1 aromatic carbocycles. The fourth-order valence-corrected chi connectivity index (χ4v) is 2.78. The van der Waals surface area contributed by atoms with Crippen LogP contribution in [0.2, 0.25) is 0 Å². The van der Waals surface area contributed by atoms with E-state index in [2.05, 4.69) is 28.8 Å². The van der Waals surface area contributed by atoms with E-state index in [0.29, 0.717) is 13.1 Å². The van der Waals surface area contributed by atoms with Crippen molar-refractivity contribution < 1.29 is 14.5 Å². The summed E-state index contributed by atoms with van der Waals surface area (Å²) in [6.45, 7) is 6.62. The normalized spacial score (nSPS) is 18.2. The Morgan fingerprint density at radius 3 is 2.73 bits per heavy atom. The van der Waals surface area contributed by atoms with E-state index in [1.54, 1.807) is 6.92 Å². The molecule has 0 radical (unpaired) electrons. The summed E-state index contributed by atoms with van der Waals surface area (Å²) in [5, 5.41) is 5.58. The molecule has 0 spiro atoms. The van der Waals surface area contributed by atoms with Gasteiger partial charge < -0.3 is 15.5 Å². The van der Waals surface area contributed by atoms with E-state index in [1.807, 2.05) is 13.0 Å². The van der Waals surface area contributed by atoms with E-state index in [1.165, 1.54) is 16.0 Å². The number of carbonyl (C=O) groups excluding carboxylic acids is 2. The Labute approximate surface area is 132 Å². The number of benzene rings is 1. The van der Waals surface area contributed by atoms with Crippen molar-refractivity contribution in [1.29, 1.82) is 0 Å². The van der Waals surface area contributed by atoms with Crippen molar-refractivity contribution in [3.63, 3.8) is 0 Å².